The van der Waals surface area contributed by atoms with Gasteiger partial charge in [-0.05, 0) is 155 Å². The number of ether oxygens (including phenoxy) is 9. The molecule has 0 bridgehead atoms. The van der Waals surface area contributed by atoms with E-state index in [4.69, 9.17) is 78.5 Å². The molecule has 98 heavy (non-hydrogen) atoms. The molecule has 1 aliphatic heterocycles. The first-order chi connectivity index (χ1) is 44.7. The van der Waals surface area contributed by atoms with Crippen LogP contribution in [-0.4, -0.2) is 218 Å². The van der Waals surface area contributed by atoms with Crippen LogP contribution in [0.2, 0.25) is 0 Å². The van der Waals surface area contributed by atoms with Crippen molar-refractivity contribution in [2.45, 2.75) is 326 Å². The molecule has 0 aromatic heterocycles. The van der Waals surface area contributed by atoms with E-state index in [1.807, 2.05) is 68.4 Å². The molecule has 0 saturated carbocycles. The average molecular weight is 1450 g/mol. The van der Waals surface area contributed by atoms with Crippen LogP contribution in [0.4, 0.5) is 0 Å². The normalized spacial score (nSPS) is 14.0. The predicted molar refractivity (Wildman–Crippen MR) is 382 cm³/mol. The van der Waals surface area contributed by atoms with E-state index in [1.165, 1.54) is 27.1 Å². The van der Waals surface area contributed by atoms with Crippen LogP contribution in [0.15, 0.2) is 12.7 Å². The molecule has 1 heterocycles. The van der Waals surface area contributed by atoms with E-state index in [9.17, 15) is 28.6 Å². The second-order valence-corrected chi connectivity index (χ2v) is 23.6. The van der Waals surface area contributed by atoms with Gasteiger partial charge < -0.3 is 103 Å². The fraction of sp³-hybridized carbons (Fsp3) is 0.914. The second-order valence-electron chi connectivity index (χ2n) is 22.2. The standard InChI is InChI=1S/C13H27O7P.C11H22O.C10H20O4.C10H20O3.C9H18O4.C6H12O3.C5H12O.C4H10O2.2CH4.Li.H2O/c1-4-9-19-21(15,16)20-11-12(5-2)18-10-7-6-8-13(14)17-3;1-4-7-8-9-10-12-11(5-2)6-3;1-3-9(8-11)14-7-5-4-6-10(12)13-2;1-3-9(4-2)13-8-6-5-7-10(11)12;1-2-8(7-10)13-6-4-3-5-9(11)12;1-6(2)8-4-5(3-7)9-6;1-3-5(6)4-2;1-2-4(6)3-5;;;;/h12H,4-11H2,1-3H3,(H,15,16);4,11H,1,5-10H2,2-3H3;9,11H,3-8H2,1-2H3;9H,3-8H2,1-2H3,(H,11,12);8,10H,2-7H2,1H3,(H,11,12);5,7H,3-4H2,1-2H3;5-6H,3-4H2,1-2H3;4-6H,2-3H2,1H3;2*1H4;;1H2/q;;;;;;;;;;+1;/p-1. The monoisotopic (exact) mass is 1450 g/mol. The quantitative estimate of drug-likeness (QED) is 0.00923. The zero-order chi connectivity index (χ0) is 73.3. The largest absolute Gasteiger partial charge is 1.00 e. The number of hydrogen-bond acceptors (Lipinski definition) is 24. The van der Waals surface area contributed by atoms with Gasteiger partial charge in [0.15, 0.2) is 5.79 Å². The molecule has 1 aliphatic rings. The molecule has 1 saturated heterocycles. The van der Waals surface area contributed by atoms with Crippen LogP contribution in [0.5, 0.6) is 0 Å². The molecule has 6 atom stereocenters. The van der Waals surface area contributed by atoms with Gasteiger partial charge in [0.25, 0.3) is 7.82 Å². The van der Waals surface area contributed by atoms with Crippen LogP contribution in [0, 0.1) is 0 Å². The van der Waals surface area contributed by atoms with Crippen LogP contribution >= 0.6 is 7.82 Å². The maximum absolute atomic E-state index is 11.4. The number of hydrogen-bond donors (Lipinski definition) is 8. The molecule has 592 valence electrons. The molecule has 28 heteroatoms. The van der Waals surface area contributed by atoms with Crippen molar-refractivity contribution in [2.24, 2.45) is 0 Å². The topological polar surface area (TPSA) is 402 Å². The fourth-order valence-corrected chi connectivity index (χ4v) is 7.79. The van der Waals surface area contributed by atoms with Crippen molar-refractivity contribution in [3.8, 4) is 0 Å². The first kappa shape index (κ1) is 120. The molecule has 1 rings (SSSR count). The number of aliphatic hydroxyl groups is 6. The van der Waals surface area contributed by atoms with E-state index >= 15 is 0 Å². The van der Waals surface area contributed by atoms with Gasteiger partial charge in [0.2, 0.25) is 0 Å². The third kappa shape index (κ3) is 97.9. The summed E-state index contributed by atoms with van der Waals surface area (Å²) >= 11 is 0. The van der Waals surface area contributed by atoms with E-state index in [2.05, 4.69) is 48.3 Å². The van der Waals surface area contributed by atoms with E-state index < -0.39 is 31.7 Å². The van der Waals surface area contributed by atoms with E-state index in [0.29, 0.717) is 96.6 Å². The summed E-state index contributed by atoms with van der Waals surface area (Å²) < 4.78 is 67.5. The zero-order valence-electron chi connectivity index (χ0n) is 63.7. The summed E-state index contributed by atoms with van der Waals surface area (Å²) in [6.07, 6.45) is 21.9. The summed E-state index contributed by atoms with van der Waals surface area (Å²) in [6, 6.07) is 0. The molecule has 1 fully saturated rings. The second kappa shape index (κ2) is 90.9. The average Bonchev–Trinajstić information content (AvgIpc) is 1.81. The Hall–Kier alpha value is -2.23. The first-order valence-corrected chi connectivity index (χ1v) is 36.1. The van der Waals surface area contributed by atoms with Gasteiger partial charge in [0, 0.05) is 58.7 Å². The smallest absolute Gasteiger partial charge is 0.870 e. The van der Waals surface area contributed by atoms with Crippen molar-refractivity contribution < 1.29 is 147 Å². The molecule has 9 N–H and O–H groups in total. The molecule has 6 unspecified atom stereocenters. The van der Waals surface area contributed by atoms with Crippen LogP contribution in [-0.2, 0) is 75.4 Å². The summed E-state index contributed by atoms with van der Waals surface area (Å²) in [7, 11) is -1.49. The van der Waals surface area contributed by atoms with Crippen LogP contribution in [0.1, 0.15) is 273 Å². The number of esters is 2. The molecule has 0 amide bonds. The van der Waals surface area contributed by atoms with Crippen molar-refractivity contribution in [1.29, 1.82) is 0 Å². The van der Waals surface area contributed by atoms with Crippen LogP contribution in [0.25, 0.3) is 0 Å². The Morgan fingerprint density at radius 2 is 0.867 bits per heavy atom. The van der Waals surface area contributed by atoms with Gasteiger partial charge >= 0.3 is 44.2 Å². The maximum atomic E-state index is 11.4. The Bertz CT molecular complexity index is 1600. The molecule has 0 aliphatic carbocycles. The predicted octanol–water partition coefficient (Wildman–Crippen LogP) is 9.44. The minimum atomic E-state index is -4.23. The Balaban J connectivity index is -0.0000000889. The number of carbonyl (C=O) groups excluding carboxylic acids is 2. The van der Waals surface area contributed by atoms with Crippen LogP contribution < -0.4 is 23.8 Å². The number of aliphatic hydroxyl groups excluding tert-OH is 6. The third-order valence-corrected chi connectivity index (χ3v) is 14.5. The fourth-order valence-electron chi connectivity index (χ4n) is 6.96. The summed E-state index contributed by atoms with van der Waals surface area (Å²) in [5.41, 5.74) is 0. The van der Waals surface area contributed by atoms with Gasteiger partial charge in [-0.2, -0.15) is 0 Å². The maximum Gasteiger partial charge on any atom is 1.00 e. The summed E-state index contributed by atoms with van der Waals surface area (Å²) in [5.74, 6) is -2.41. The van der Waals surface area contributed by atoms with Crippen molar-refractivity contribution in [3.63, 3.8) is 0 Å². The summed E-state index contributed by atoms with van der Waals surface area (Å²) in [4.78, 5) is 53.3. The van der Waals surface area contributed by atoms with Gasteiger partial charge in [-0.25, -0.2) is 0 Å². The Morgan fingerprint density at radius 3 is 1.10 bits per heavy atom. The van der Waals surface area contributed by atoms with E-state index in [-0.39, 0.29) is 136 Å². The van der Waals surface area contributed by atoms with Gasteiger partial charge in [-0.1, -0.05) is 97.1 Å². The number of carboxylic acid groups (broad SMARTS) is 2. The molecule has 0 spiro atoms. The first-order valence-electron chi connectivity index (χ1n) is 34.7. The Labute approximate surface area is 608 Å². The zero-order valence-corrected chi connectivity index (χ0v) is 63.6. The van der Waals surface area contributed by atoms with Crippen molar-refractivity contribution >= 4 is 31.7 Å². The van der Waals surface area contributed by atoms with Crippen molar-refractivity contribution in [3.05, 3.63) is 12.7 Å². The molecule has 0 aromatic carbocycles. The number of allylic oxidation sites excluding steroid dienone is 1. The third-order valence-electron chi connectivity index (χ3n) is 13.5. The Morgan fingerprint density at radius 1 is 0.531 bits per heavy atom. The summed E-state index contributed by atoms with van der Waals surface area (Å²) in [6.45, 7) is 33.1. The van der Waals surface area contributed by atoms with Crippen LogP contribution in [0.3, 0.4) is 0 Å². The molecule has 0 radical (unpaired) electrons. The molecule has 26 nitrogen and oxygen atoms in total. The number of methoxy groups -OCH3 is 2. The minimum absolute atomic E-state index is 0. The number of phosphoric ester groups is 1. The number of carboxylic acids is 2. The molecular formula is C70H150LiO26P. The van der Waals surface area contributed by atoms with Gasteiger partial charge in [0.05, 0.1) is 103 Å². The number of phosphoric acid groups is 1. The number of aliphatic carboxylic acids is 2. The summed E-state index contributed by atoms with van der Waals surface area (Å²) in [5, 5.41) is 68.0. The van der Waals surface area contributed by atoms with Crippen molar-refractivity contribution in [2.75, 3.05) is 93.5 Å². The van der Waals surface area contributed by atoms with Crippen molar-refractivity contribution in [1.82, 2.24) is 0 Å². The Kier molecular flexibility index (Phi) is 111. The van der Waals surface area contributed by atoms with E-state index in [1.54, 1.807) is 0 Å². The van der Waals surface area contributed by atoms with E-state index in [0.717, 1.165) is 96.5 Å². The molecule has 0 aromatic rings. The molecular weight excluding hydrogens is 1290 g/mol. The SMILES string of the molecule is C.C.C=CCCCCOC(CC)CC.CC1(C)OCC(CO)O1.CCC(CC)OCCCCC(=O)O.CCC(CO)OCCCCC(=O)O.CCC(CO)OCCCCC(=O)OC.CCC(O)CC.CCC(O)CO.CCCOP(=O)([O-])OCC(CC)OCCCCC(=O)OC.[H+].[Li+].[OH-]. The number of unbranched alkanes of at least 4 members (excludes halogenated alkanes) is 6. The van der Waals surface area contributed by atoms with Gasteiger partial charge in [0.1, 0.15) is 6.10 Å². The number of rotatable bonds is 50. The van der Waals surface area contributed by atoms with Gasteiger partial charge in [-0.15, -0.1) is 6.58 Å². The van der Waals surface area contributed by atoms with Gasteiger partial charge in [-0.3, -0.25) is 23.7 Å². The minimum Gasteiger partial charge on any atom is -0.870 e. The number of carbonyl (C=O) groups is 4.